The second kappa shape index (κ2) is 6.58. The first-order valence-electron chi connectivity index (χ1n) is 6.38. The first kappa shape index (κ1) is 15.3. The molecular weight excluding hydrogens is 336 g/mol. The molecule has 5 nitrogen and oxygen atoms in total. The SMILES string of the molecule is CC(C)n1cc(Oc2cc(Br)ccc2/C=C/C(=O)O)cn1. The van der Waals surface area contributed by atoms with Crippen LogP contribution in [0.25, 0.3) is 6.08 Å². The largest absolute Gasteiger partial charge is 0.478 e. The molecule has 0 bridgehead atoms. The monoisotopic (exact) mass is 350 g/mol. The molecule has 0 saturated heterocycles. The smallest absolute Gasteiger partial charge is 0.328 e. The molecule has 21 heavy (non-hydrogen) atoms. The van der Waals surface area contributed by atoms with E-state index in [0.717, 1.165) is 10.5 Å². The quantitative estimate of drug-likeness (QED) is 0.823. The number of rotatable bonds is 5. The summed E-state index contributed by atoms with van der Waals surface area (Å²) in [5, 5.41) is 12.9. The van der Waals surface area contributed by atoms with Gasteiger partial charge in [-0.15, -0.1) is 0 Å². The molecule has 0 atom stereocenters. The molecule has 0 fully saturated rings. The van der Waals surface area contributed by atoms with Gasteiger partial charge in [0.25, 0.3) is 0 Å². The molecule has 0 amide bonds. The first-order chi connectivity index (χ1) is 9.95. The van der Waals surface area contributed by atoms with E-state index < -0.39 is 5.97 Å². The fraction of sp³-hybridized carbons (Fsp3) is 0.200. The van der Waals surface area contributed by atoms with E-state index in [1.165, 1.54) is 6.08 Å². The average Bonchev–Trinajstić information content (AvgIpc) is 2.86. The Hall–Kier alpha value is -2.08. The van der Waals surface area contributed by atoms with Crippen LogP contribution >= 0.6 is 15.9 Å². The summed E-state index contributed by atoms with van der Waals surface area (Å²) in [6.07, 6.45) is 6.01. The van der Waals surface area contributed by atoms with Crippen LogP contribution in [-0.2, 0) is 4.79 Å². The minimum atomic E-state index is -1.00. The minimum Gasteiger partial charge on any atom is -0.478 e. The molecule has 1 aromatic carbocycles. The Morgan fingerprint density at radius 1 is 1.48 bits per heavy atom. The Labute approximate surface area is 131 Å². The molecule has 1 aromatic heterocycles. The fourth-order valence-corrected chi connectivity index (χ4v) is 2.02. The standard InChI is InChI=1S/C15H15BrN2O3/c1-10(2)18-9-13(8-17-18)21-14-7-12(16)5-3-11(14)4-6-15(19)20/h3-10H,1-2H3,(H,19,20)/b6-4+. The van der Waals surface area contributed by atoms with Crippen LogP contribution < -0.4 is 4.74 Å². The van der Waals surface area contributed by atoms with Gasteiger partial charge in [0.2, 0.25) is 0 Å². The number of aromatic nitrogens is 2. The molecular formula is C15H15BrN2O3. The van der Waals surface area contributed by atoms with Crippen molar-refractivity contribution in [2.75, 3.05) is 0 Å². The van der Waals surface area contributed by atoms with Gasteiger partial charge in [0.15, 0.2) is 5.75 Å². The topological polar surface area (TPSA) is 64.3 Å². The van der Waals surface area contributed by atoms with E-state index in [-0.39, 0.29) is 6.04 Å². The molecule has 110 valence electrons. The Morgan fingerprint density at radius 3 is 2.86 bits per heavy atom. The lowest BCUT2D eigenvalue weighted by molar-refractivity contribution is -0.131. The summed E-state index contributed by atoms with van der Waals surface area (Å²) < 4.78 is 8.44. The number of carbonyl (C=O) groups is 1. The van der Waals surface area contributed by atoms with Crippen molar-refractivity contribution in [3.8, 4) is 11.5 Å². The number of halogens is 1. The first-order valence-corrected chi connectivity index (χ1v) is 7.17. The van der Waals surface area contributed by atoms with Crippen LogP contribution in [0.15, 0.2) is 41.1 Å². The van der Waals surface area contributed by atoms with Gasteiger partial charge in [-0.3, -0.25) is 4.68 Å². The number of carboxylic acids is 1. The molecule has 2 rings (SSSR count). The Kier molecular flexibility index (Phi) is 4.80. The lowest BCUT2D eigenvalue weighted by Crippen LogP contribution is -1.99. The molecule has 0 aliphatic rings. The Balaban J connectivity index is 2.28. The summed E-state index contributed by atoms with van der Waals surface area (Å²) in [5.74, 6) is 0.161. The maximum atomic E-state index is 10.6. The van der Waals surface area contributed by atoms with Crippen LogP contribution in [0, 0.1) is 0 Å². The average molecular weight is 351 g/mol. The van der Waals surface area contributed by atoms with Crippen molar-refractivity contribution in [2.45, 2.75) is 19.9 Å². The van der Waals surface area contributed by atoms with Gasteiger partial charge in [0.05, 0.1) is 12.4 Å². The Bertz CT molecular complexity index is 677. The van der Waals surface area contributed by atoms with Crippen molar-refractivity contribution >= 4 is 28.0 Å². The van der Waals surface area contributed by atoms with Crippen molar-refractivity contribution in [2.24, 2.45) is 0 Å². The zero-order valence-electron chi connectivity index (χ0n) is 11.7. The van der Waals surface area contributed by atoms with E-state index in [1.807, 2.05) is 19.9 Å². The number of benzene rings is 1. The van der Waals surface area contributed by atoms with E-state index >= 15 is 0 Å². The van der Waals surface area contributed by atoms with Crippen LogP contribution in [0.2, 0.25) is 0 Å². The number of hydrogen-bond donors (Lipinski definition) is 1. The number of nitrogens with zero attached hydrogens (tertiary/aromatic N) is 2. The summed E-state index contributed by atoms with van der Waals surface area (Å²) >= 11 is 3.38. The van der Waals surface area contributed by atoms with Gasteiger partial charge in [0, 0.05) is 22.2 Å². The third-order valence-electron chi connectivity index (χ3n) is 2.72. The molecule has 0 saturated carbocycles. The minimum absolute atomic E-state index is 0.247. The number of aliphatic carboxylic acids is 1. The maximum absolute atomic E-state index is 10.6. The van der Waals surface area contributed by atoms with Crippen LogP contribution in [-0.4, -0.2) is 20.9 Å². The van der Waals surface area contributed by atoms with Gasteiger partial charge in [-0.25, -0.2) is 4.79 Å². The molecule has 0 aliphatic carbocycles. The lowest BCUT2D eigenvalue weighted by atomic mass is 10.2. The zero-order chi connectivity index (χ0) is 15.4. The highest BCUT2D eigenvalue weighted by atomic mass is 79.9. The van der Waals surface area contributed by atoms with Crippen LogP contribution in [0.4, 0.5) is 0 Å². The second-order valence-electron chi connectivity index (χ2n) is 4.71. The predicted octanol–water partition coefficient (Wildman–Crippen LogP) is 4.12. The van der Waals surface area contributed by atoms with Crippen molar-refractivity contribution in [1.29, 1.82) is 0 Å². The highest BCUT2D eigenvalue weighted by Gasteiger charge is 2.07. The van der Waals surface area contributed by atoms with Gasteiger partial charge in [0.1, 0.15) is 5.75 Å². The third-order valence-corrected chi connectivity index (χ3v) is 3.21. The second-order valence-corrected chi connectivity index (χ2v) is 5.62. The van der Waals surface area contributed by atoms with Crippen molar-refractivity contribution in [1.82, 2.24) is 9.78 Å². The van der Waals surface area contributed by atoms with Gasteiger partial charge >= 0.3 is 5.97 Å². The maximum Gasteiger partial charge on any atom is 0.328 e. The van der Waals surface area contributed by atoms with E-state index in [2.05, 4.69) is 21.0 Å². The normalized spacial score (nSPS) is 11.2. The molecule has 2 aromatic rings. The molecule has 0 aliphatic heterocycles. The number of carboxylic acid groups (broad SMARTS) is 1. The van der Waals surface area contributed by atoms with Crippen molar-refractivity contribution in [3.63, 3.8) is 0 Å². The molecule has 6 heteroatoms. The molecule has 1 N–H and O–H groups in total. The van der Waals surface area contributed by atoms with Crippen LogP contribution in [0.1, 0.15) is 25.5 Å². The molecule has 0 spiro atoms. The van der Waals surface area contributed by atoms with E-state index in [9.17, 15) is 4.79 Å². The summed E-state index contributed by atoms with van der Waals surface area (Å²) in [7, 11) is 0. The van der Waals surface area contributed by atoms with E-state index in [0.29, 0.717) is 17.1 Å². The van der Waals surface area contributed by atoms with Crippen LogP contribution in [0.5, 0.6) is 11.5 Å². The highest BCUT2D eigenvalue weighted by molar-refractivity contribution is 9.10. The predicted molar refractivity (Wildman–Crippen MR) is 83.5 cm³/mol. The third kappa shape index (κ3) is 4.19. The molecule has 1 heterocycles. The summed E-state index contributed by atoms with van der Waals surface area (Å²) in [6, 6.07) is 5.64. The van der Waals surface area contributed by atoms with Gasteiger partial charge in [-0.05, 0) is 32.1 Å². The fourth-order valence-electron chi connectivity index (χ4n) is 1.68. The summed E-state index contributed by atoms with van der Waals surface area (Å²) in [6.45, 7) is 4.05. The summed E-state index contributed by atoms with van der Waals surface area (Å²) in [4.78, 5) is 10.6. The van der Waals surface area contributed by atoms with Gasteiger partial charge in [-0.2, -0.15) is 5.10 Å². The number of ether oxygens (including phenoxy) is 1. The van der Waals surface area contributed by atoms with Crippen molar-refractivity contribution in [3.05, 3.63) is 46.7 Å². The highest BCUT2D eigenvalue weighted by Crippen LogP contribution is 2.29. The van der Waals surface area contributed by atoms with Crippen molar-refractivity contribution < 1.29 is 14.6 Å². The zero-order valence-corrected chi connectivity index (χ0v) is 13.2. The number of hydrogen-bond acceptors (Lipinski definition) is 3. The van der Waals surface area contributed by atoms with Gasteiger partial charge < -0.3 is 9.84 Å². The molecule has 0 radical (unpaired) electrons. The molecule has 0 unspecified atom stereocenters. The van der Waals surface area contributed by atoms with Gasteiger partial charge in [-0.1, -0.05) is 22.0 Å². The summed E-state index contributed by atoms with van der Waals surface area (Å²) in [5.41, 5.74) is 0.679. The van der Waals surface area contributed by atoms with Crippen LogP contribution in [0.3, 0.4) is 0 Å². The Morgan fingerprint density at radius 2 is 2.24 bits per heavy atom. The lowest BCUT2D eigenvalue weighted by Gasteiger charge is -2.08. The van der Waals surface area contributed by atoms with E-state index in [1.54, 1.807) is 29.2 Å². The van der Waals surface area contributed by atoms with E-state index in [4.69, 9.17) is 9.84 Å².